The van der Waals surface area contributed by atoms with Gasteiger partial charge in [0, 0.05) is 11.6 Å². The quantitative estimate of drug-likeness (QED) is 0.682. The summed E-state index contributed by atoms with van der Waals surface area (Å²) in [6.45, 7) is 0.168. The number of carboxylic acids is 1. The van der Waals surface area contributed by atoms with Crippen LogP contribution in [-0.4, -0.2) is 43.1 Å². The van der Waals surface area contributed by atoms with E-state index < -0.39 is 22.2 Å². The normalized spacial score (nSPS) is 18.4. The van der Waals surface area contributed by atoms with Crippen LogP contribution in [-0.2, 0) is 14.8 Å². The Hall–Kier alpha value is -2.00. The molecule has 1 aliphatic heterocycles. The molecule has 1 unspecified atom stereocenters. The molecular weight excluding hydrogens is 415 g/mol. The van der Waals surface area contributed by atoms with Gasteiger partial charge >= 0.3 is 5.97 Å². The molecule has 0 spiro atoms. The molecule has 0 saturated carbocycles. The van der Waals surface area contributed by atoms with E-state index in [9.17, 15) is 18.3 Å². The molecule has 0 aromatic heterocycles. The van der Waals surface area contributed by atoms with E-state index in [0.29, 0.717) is 12.2 Å². The van der Waals surface area contributed by atoms with Crippen LogP contribution < -0.4 is 10.1 Å². The minimum atomic E-state index is -4.13. The summed E-state index contributed by atoms with van der Waals surface area (Å²) in [5.41, 5.74) is 0.0664. The summed E-state index contributed by atoms with van der Waals surface area (Å²) in [6.07, 6.45) is -1.17. The van der Waals surface area contributed by atoms with Crippen molar-refractivity contribution in [1.29, 1.82) is 0 Å². The number of anilines is 1. The molecule has 0 fully saturated rings. The van der Waals surface area contributed by atoms with Crippen molar-refractivity contribution in [2.45, 2.75) is 17.5 Å². The Labute approximate surface area is 166 Å². The van der Waals surface area contributed by atoms with Crippen LogP contribution in [0, 0.1) is 0 Å². The fourth-order valence-electron chi connectivity index (χ4n) is 2.77. The zero-order valence-electron chi connectivity index (χ0n) is 13.9. The second-order valence-corrected chi connectivity index (χ2v) is 8.45. The second kappa shape index (κ2) is 7.93. The third kappa shape index (κ3) is 4.14. The Bertz CT molecular complexity index is 953. The van der Waals surface area contributed by atoms with Crippen LogP contribution in [0.4, 0.5) is 5.69 Å². The van der Waals surface area contributed by atoms with Gasteiger partial charge in [-0.15, -0.1) is 0 Å². The Kier molecular flexibility index (Phi) is 5.81. The van der Waals surface area contributed by atoms with Crippen molar-refractivity contribution in [3.8, 4) is 5.75 Å². The monoisotopic (exact) mass is 430 g/mol. The SMILES string of the molecule is O=C(O)C1Nc2cc(Cl)cc(Cl)c2S(=O)(=O)N1CCCOc1ccccc1. The third-order valence-corrected chi connectivity index (χ3v) is 6.52. The number of hydrogen-bond donors (Lipinski definition) is 2. The molecule has 0 radical (unpaired) electrons. The molecule has 10 heteroatoms. The molecule has 0 amide bonds. The van der Waals surface area contributed by atoms with Crippen molar-refractivity contribution in [2.24, 2.45) is 0 Å². The molecule has 2 aromatic rings. The van der Waals surface area contributed by atoms with Crippen LogP contribution >= 0.6 is 23.2 Å². The Morgan fingerprint density at radius 2 is 1.93 bits per heavy atom. The predicted octanol–water partition coefficient (Wildman–Crippen LogP) is 3.29. The van der Waals surface area contributed by atoms with E-state index in [1.165, 1.54) is 12.1 Å². The highest BCUT2D eigenvalue weighted by molar-refractivity contribution is 7.89. The van der Waals surface area contributed by atoms with Gasteiger partial charge in [-0.25, -0.2) is 13.2 Å². The van der Waals surface area contributed by atoms with Crippen molar-refractivity contribution >= 4 is 44.9 Å². The number of nitrogens with one attached hydrogen (secondary N) is 1. The molecule has 0 bridgehead atoms. The van der Waals surface area contributed by atoms with Crippen molar-refractivity contribution in [1.82, 2.24) is 4.31 Å². The zero-order valence-corrected chi connectivity index (χ0v) is 16.3. The highest BCUT2D eigenvalue weighted by atomic mass is 35.5. The van der Waals surface area contributed by atoms with Crippen LogP contribution in [0.2, 0.25) is 10.0 Å². The average Bonchev–Trinajstić information content (AvgIpc) is 2.59. The first-order valence-electron chi connectivity index (χ1n) is 7.99. The molecule has 0 aliphatic carbocycles. The maximum atomic E-state index is 13.0. The number of sulfonamides is 1. The maximum absolute atomic E-state index is 13.0. The predicted molar refractivity (Wildman–Crippen MR) is 102 cm³/mol. The van der Waals surface area contributed by atoms with Gasteiger partial charge in [-0.2, -0.15) is 4.31 Å². The second-order valence-electron chi connectivity index (χ2n) is 5.78. The summed E-state index contributed by atoms with van der Waals surface area (Å²) in [5.74, 6) is -0.681. The zero-order chi connectivity index (χ0) is 19.6. The standard InChI is InChI=1S/C17H16Cl2N2O5S/c18-11-9-13(19)15-14(10-11)20-16(17(22)23)21(27(15,24)25)7-4-8-26-12-5-2-1-3-6-12/h1-3,5-6,9-10,16,20H,4,7-8H2,(H,22,23). The van der Waals surface area contributed by atoms with Gasteiger partial charge in [0.1, 0.15) is 10.6 Å². The topological polar surface area (TPSA) is 95.9 Å². The van der Waals surface area contributed by atoms with Gasteiger partial charge in [0.05, 0.1) is 17.3 Å². The number of carbonyl (C=O) groups is 1. The van der Waals surface area contributed by atoms with Crippen LogP contribution in [0.5, 0.6) is 5.75 Å². The lowest BCUT2D eigenvalue weighted by molar-refractivity contribution is -0.140. The van der Waals surface area contributed by atoms with E-state index in [0.717, 1.165) is 4.31 Å². The number of fused-ring (bicyclic) bond motifs is 1. The van der Waals surface area contributed by atoms with Gasteiger partial charge in [0.2, 0.25) is 10.0 Å². The number of carboxylic acid groups (broad SMARTS) is 1. The summed E-state index contributed by atoms with van der Waals surface area (Å²) in [4.78, 5) is 11.4. The van der Waals surface area contributed by atoms with Crippen molar-refractivity contribution in [2.75, 3.05) is 18.5 Å². The molecule has 27 heavy (non-hydrogen) atoms. The Morgan fingerprint density at radius 1 is 1.22 bits per heavy atom. The Morgan fingerprint density at radius 3 is 2.59 bits per heavy atom. The summed E-state index contributed by atoms with van der Waals surface area (Å²) in [5, 5.41) is 12.3. The van der Waals surface area contributed by atoms with E-state index in [-0.39, 0.29) is 33.8 Å². The highest BCUT2D eigenvalue weighted by Gasteiger charge is 2.43. The number of benzene rings is 2. The number of hydrogen-bond acceptors (Lipinski definition) is 5. The molecule has 7 nitrogen and oxygen atoms in total. The van der Waals surface area contributed by atoms with Crippen LogP contribution in [0.15, 0.2) is 47.4 Å². The minimum Gasteiger partial charge on any atom is -0.494 e. The molecule has 1 atom stereocenters. The number of para-hydroxylation sites is 1. The molecule has 2 aromatic carbocycles. The van der Waals surface area contributed by atoms with E-state index >= 15 is 0 Å². The van der Waals surface area contributed by atoms with Gasteiger partial charge < -0.3 is 15.2 Å². The molecule has 2 N–H and O–H groups in total. The molecule has 1 aliphatic rings. The lowest BCUT2D eigenvalue weighted by atomic mass is 10.3. The summed E-state index contributed by atoms with van der Waals surface area (Å²) in [6, 6.07) is 11.7. The highest BCUT2D eigenvalue weighted by Crippen LogP contribution is 2.39. The third-order valence-electron chi connectivity index (χ3n) is 3.92. The molecule has 0 saturated heterocycles. The van der Waals surface area contributed by atoms with E-state index in [1.807, 2.05) is 18.2 Å². The van der Waals surface area contributed by atoms with E-state index in [4.69, 9.17) is 27.9 Å². The van der Waals surface area contributed by atoms with Gasteiger partial charge in [-0.05, 0) is 30.7 Å². The van der Waals surface area contributed by atoms with Gasteiger partial charge in [0.25, 0.3) is 0 Å². The van der Waals surface area contributed by atoms with Crippen molar-refractivity contribution in [3.63, 3.8) is 0 Å². The average molecular weight is 431 g/mol. The fourth-order valence-corrected chi connectivity index (χ4v) is 5.28. The first kappa shape index (κ1) is 19.8. The van der Waals surface area contributed by atoms with Gasteiger partial charge in [-0.1, -0.05) is 41.4 Å². The number of ether oxygens (including phenoxy) is 1. The first-order valence-corrected chi connectivity index (χ1v) is 10.2. The van der Waals surface area contributed by atoms with Crippen LogP contribution in [0.3, 0.4) is 0 Å². The smallest absolute Gasteiger partial charge is 0.342 e. The Balaban J connectivity index is 1.80. The molecule has 1 heterocycles. The molecule has 144 valence electrons. The van der Waals surface area contributed by atoms with E-state index in [1.54, 1.807) is 12.1 Å². The lowest BCUT2D eigenvalue weighted by Crippen LogP contribution is -2.53. The number of aliphatic carboxylic acids is 1. The lowest BCUT2D eigenvalue weighted by Gasteiger charge is -2.35. The molecular formula is C17H16Cl2N2O5S. The summed E-state index contributed by atoms with van der Waals surface area (Å²) >= 11 is 12.0. The maximum Gasteiger partial charge on any atom is 0.342 e. The summed E-state index contributed by atoms with van der Waals surface area (Å²) < 4.78 is 32.3. The molecule has 3 rings (SSSR count). The van der Waals surface area contributed by atoms with Crippen LogP contribution in [0.25, 0.3) is 0 Å². The number of nitrogens with zero attached hydrogens (tertiary/aromatic N) is 1. The number of halogens is 2. The minimum absolute atomic E-state index is 0.0580. The number of rotatable bonds is 6. The van der Waals surface area contributed by atoms with E-state index in [2.05, 4.69) is 5.32 Å². The fraction of sp³-hybridized carbons (Fsp3) is 0.235. The summed E-state index contributed by atoms with van der Waals surface area (Å²) in [7, 11) is -4.13. The van der Waals surface area contributed by atoms with Gasteiger partial charge in [0.15, 0.2) is 6.17 Å². The largest absolute Gasteiger partial charge is 0.494 e. The van der Waals surface area contributed by atoms with Crippen molar-refractivity contribution in [3.05, 3.63) is 52.5 Å². The van der Waals surface area contributed by atoms with Gasteiger partial charge in [-0.3, -0.25) is 0 Å². The van der Waals surface area contributed by atoms with Crippen LogP contribution in [0.1, 0.15) is 6.42 Å². The van der Waals surface area contributed by atoms with Crippen molar-refractivity contribution < 1.29 is 23.1 Å². The first-order chi connectivity index (χ1) is 12.8.